The molecular weight excluding hydrogens is 440 g/mol. The quantitative estimate of drug-likeness (QED) is 0.471. The zero-order valence-corrected chi connectivity index (χ0v) is 20.0. The lowest BCUT2D eigenvalue weighted by Crippen LogP contribution is -2.15. The second-order valence-corrected chi connectivity index (χ2v) is 6.74. The fourth-order valence-electron chi connectivity index (χ4n) is 2.42. The molecular formula is C22H44O11. The minimum absolute atomic E-state index is 0.530. The Balaban J connectivity index is 2.00. The molecule has 0 aromatic carbocycles. The van der Waals surface area contributed by atoms with Crippen molar-refractivity contribution < 1.29 is 52.1 Å². The lowest BCUT2D eigenvalue weighted by molar-refractivity contribution is -0.0260. The van der Waals surface area contributed by atoms with E-state index in [1.807, 2.05) is 0 Å². The van der Waals surface area contributed by atoms with Gasteiger partial charge in [0.25, 0.3) is 0 Å². The maximum Gasteiger partial charge on any atom is 0.0701 e. The predicted molar refractivity (Wildman–Crippen MR) is 119 cm³/mol. The molecule has 0 aromatic rings. The van der Waals surface area contributed by atoms with Gasteiger partial charge in [0.2, 0.25) is 0 Å². The maximum atomic E-state index is 5.44. The van der Waals surface area contributed by atoms with E-state index in [1.165, 1.54) is 0 Å². The molecule has 0 saturated carbocycles. The molecule has 1 saturated heterocycles. The third-order valence-corrected chi connectivity index (χ3v) is 4.09. The SMILES string of the molecule is C1COCCOCCOCCOCCOCCOCCOCCOCCOCCOCCO1. The van der Waals surface area contributed by atoms with Crippen LogP contribution in [0, 0.1) is 0 Å². The second-order valence-electron chi connectivity index (χ2n) is 6.74. The molecule has 1 heterocycles. The fourth-order valence-corrected chi connectivity index (χ4v) is 2.42. The van der Waals surface area contributed by atoms with Gasteiger partial charge < -0.3 is 52.1 Å². The van der Waals surface area contributed by atoms with Crippen molar-refractivity contribution in [3.63, 3.8) is 0 Å². The van der Waals surface area contributed by atoms with Crippen molar-refractivity contribution in [2.24, 2.45) is 0 Å². The molecule has 0 atom stereocenters. The molecule has 1 fully saturated rings. The number of hydrogen-bond acceptors (Lipinski definition) is 11. The standard InChI is InChI=1S/C22H44O11/c1-2-24-5-6-26-9-10-28-13-14-30-17-18-32-21-22-33-20-19-31-16-15-29-12-11-27-8-7-25-4-3-23-1/h1-22H2. The molecule has 1 aliphatic heterocycles. The van der Waals surface area contributed by atoms with Crippen molar-refractivity contribution in [3.8, 4) is 0 Å². The van der Waals surface area contributed by atoms with Crippen LogP contribution in [-0.4, -0.2) is 145 Å². The van der Waals surface area contributed by atoms with Crippen molar-refractivity contribution in [2.45, 2.75) is 0 Å². The van der Waals surface area contributed by atoms with Crippen molar-refractivity contribution >= 4 is 0 Å². The van der Waals surface area contributed by atoms with Crippen LogP contribution in [-0.2, 0) is 52.1 Å². The highest BCUT2D eigenvalue weighted by Gasteiger charge is 1.97. The van der Waals surface area contributed by atoms with E-state index in [2.05, 4.69) is 0 Å². The first-order valence-electron chi connectivity index (χ1n) is 11.9. The summed E-state index contributed by atoms with van der Waals surface area (Å²) in [6.45, 7) is 11.7. The molecule has 11 heteroatoms. The van der Waals surface area contributed by atoms with Gasteiger partial charge in [-0.05, 0) is 0 Å². The Bertz CT molecular complexity index is 197. The lowest BCUT2D eigenvalue weighted by Gasteiger charge is -2.08. The van der Waals surface area contributed by atoms with E-state index in [4.69, 9.17) is 52.1 Å². The molecule has 198 valence electrons. The zero-order valence-electron chi connectivity index (χ0n) is 20.0. The predicted octanol–water partition coefficient (Wildman–Crippen LogP) is 0.183. The minimum atomic E-state index is 0.530. The molecule has 0 amide bonds. The van der Waals surface area contributed by atoms with Gasteiger partial charge in [0, 0.05) is 0 Å². The summed E-state index contributed by atoms with van der Waals surface area (Å²) in [7, 11) is 0. The molecule has 11 nitrogen and oxygen atoms in total. The van der Waals surface area contributed by atoms with Crippen LogP contribution in [0.25, 0.3) is 0 Å². The van der Waals surface area contributed by atoms with Crippen molar-refractivity contribution in [1.29, 1.82) is 0 Å². The Morgan fingerprint density at radius 1 is 0.121 bits per heavy atom. The summed E-state index contributed by atoms with van der Waals surface area (Å²) in [6, 6.07) is 0. The molecule has 0 bridgehead atoms. The molecule has 0 spiro atoms. The van der Waals surface area contributed by atoms with Gasteiger partial charge in [-0.2, -0.15) is 0 Å². The van der Waals surface area contributed by atoms with Crippen LogP contribution >= 0.6 is 0 Å². The number of rotatable bonds is 0. The summed E-state index contributed by atoms with van der Waals surface area (Å²) >= 11 is 0. The highest BCUT2D eigenvalue weighted by Crippen LogP contribution is 1.87. The summed E-state index contributed by atoms with van der Waals surface area (Å²) in [5, 5.41) is 0. The van der Waals surface area contributed by atoms with Crippen LogP contribution in [0.1, 0.15) is 0 Å². The number of hydrogen-bond donors (Lipinski definition) is 0. The van der Waals surface area contributed by atoms with Gasteiger partial charge in [-0.15, -0.1) is 0 Å². The summed E-state index contributed by atoms with van der Waals surface area (Å²) in [5.74, 6) is 0. The van der Waals surface area contributed by atoms with Gasteiger partial charge in [-0.1, -0.05) is 0 Å². The van der Waals surface area contributed by atoms with E-state index in [0.717, 1.165) is 0 Å². The molecule has 0 N–H and O–H groups in total. The van der Waals surface area contributed by atoms with Crippen molar-refractivity contribution in [2.75, 3.05) is 145 Å². The topological polar surface area (TPSA) is 102 Å². The Labute approximate surface area is 198 Å². The highest BCUT2D eigenvalue weighted by molar-refractivity contribution is 4.39. The van der Waals surface area contributed by atoms with E-state index in [-0.39, 0.29) is 0 Å². The van der Waals surface area contributed by atoms with Gasteiger partial charge in [-0.25, -0.2) is 0 Å². The van der Waals surface area contributed by atoms with Crippen molar-refractivity contribution in [3.05, 3.63) is 0 Å². The molecule has 0 radical (unpaired) electrons. The van der Waals surface area contributed by atoms with Gasteiger partial charge in [-0.3, -0.25) is 0 Å². The summed E-state index contributed by atoms with van der Waals surface area (Å²) in [5.41, 5.74) is 0. The van der Waals surface area contributed by atoms with Gasteiger partial charge in [0.05, 0.1) is 145 Å². The second kappa shape index (κ2) is 27.8. The van der Waals surface area contributed by atoms with Crippen molar-refractivity contribution in [1.82, 2.24) is 0 Å². The average Bonchev–Trinajstić information content (AvgIpc) is 2.83. The zero-order chi connectivity index (χ0) is 23.3. The first-order valence-corrected chi connectivity index (χ1v) is 11.9. The summed E-state index contributed by atoms with van der Waals surface area (Å²) in [4.78, 5) is 0. The third-order valence-electron chi connectivity index (χ3n) is 4.09. The summed E-state index contributed by atoms with van der Waals surface area (Å²) in [6.07, 6.45) is 0. The maximum absolute atomic E-state index is 5.44. The minimum Gasteiger partial charge on any atom is -0.377 e. The van der Waals surface area contributed by atoms with Crippen LogP contribution in [0.5, 0.6) is 0 Å². The molecule has 0 unspecified atom stereocenters. The monoisotopic (exact) mass is 484 g/mol. The van der Waals surface area contributed by atoms with Crippen LogP contribution in [0.3, 0.4) is 0 Å². The third kappa shape index (κ3) is 26.0. The Hall–Kier alpha value is -0.440. The first-order chi connectivity index (χ1) is 16.5. The van der Waals surface area contributed by atoms with E-state index < -0.39 is 0 Å². The largest absolute Gasteiger partial charge is 0.377 e. The average molecular weight is 485 g/mol. The molecule has 33 heavy (non-hydrogen) atoms. The smallest absolute Gasteiger partial charge is 0.0701 e. The molecule has 1 aliphatic rings. The first kappa shape index (κ1) is 30.6. The Morgan fingerprint density at radius 2 is 0.182 bits per heavy atom. The highest BCUT2D eigenvalue weighted by atomic mass is 16.6. The lowest BCUT2D eigenvalue weighted by atomic mass is 10.6. The summed E-state index contributed by atoms with van der Waals surface area (Å²) < 4.78 is 59.8. The van der Waals surface area contributed by atoms with Crippen LogP contribution in [0.15, 0.2) is 0 Å². The van der Waals surface area contributed by atoms with E-state index in [9.17, 15) is 0 Å². The fraction of sp³-hybridized carbons (Fsp3) is 1.00. The van der Waals surface area contributed by atoms with Gasteiger partial charge in [0.15, 0.2) is 0 Å². The van der Waals surface area contributed by atoms with Crippen LogP contribution in [0.4, 0.5) is 0 Å². The molecule has 0 aliphatic carbocycles. The van der Waals surface area contributed by atoms with Crippen LogP contribution in [0.2, 0.25) is 0 Å². The Morgan fingerprint density at radius 3 is 0.242 bits per heavy atom. The normalized spacial score (nSPS) is 24.0. The number of ether oxygens (including phenoxy) is 11. The van der Waals surface area contributed by atoms with E-state index >= 15 is 0 Å². The van der Waals surface area contributed by atoms with E-state index in [1.54, 1.807) is 0 Å². The van der Waals surface area contributed by atoms with E-state index in [0.29, 0.717) is 145 Å². The van der Waals surface area contributed by atoms with Crippen LogP contribution < -0.4 is 0 Å². The van der Waals surface area contributed by atoms with Gasteiger partial charge >= 0.3 is 0 Å². The van der Waals surface area contributed by atoms with Gasteiger partial charge in [0.1, 0.15) is 0 Å². The molecule has 1 rings (SSSR count). The Kier molecular flexibility index (Phi) is 25.8. The molecule has 0 aromatic heterocycles.